The highest BCUT2D eigenvalue weighted by molar-refractivity contribution is 6.04. The molecule has 110 valence electrons. The molecule has 4 nitrogen and oxygen atoms in total. The highest BCUT2D eigenvalue weighted by Crippen LogP contribution is 2.35. The van der Waals surface area contributed by atoms with Crippen molar-refractivity contribution in [2.24, 2.45) is 0 Å². The number of ether oxygens (including phenoxy) is 1. The lowest BCUT2D eigenvalue weighted by molar-refractivity contribution is -0.000258. The molecule has 21 heavy (non-hydrogen) atoms. The summed E-state index contributed by atoms with van der Waals surface area (Å²) in [5.74, 6) is -1.84. The van der Waals surface area contributed by atoms with Crippen molar-refractivity contribution in [3.63, 3.8) is 0 Å². The second kappa shape index (κ2) is 4.88. The van der Waals surface area contributed by atoms with E-state index in [1.54, 1.807) is 0 Å². The van der Waals surface area contributed by atoms with Gasteiger partial charge in [-0.05, 0) is 25.8 Å². The maximum Gasteiger partial charge on any atom is 0.340 e. The van der Waals surface area contributed by atoms with E-state index in [2.05, 4.69) is 4.98 Å². The van der Waals surface area contributed by atoms with Crippen LogP contribution in [0.1, 0.15) is 59.2 Å². The third kappa shape index (κ3) is 2.14. The summed E-state index contributed by atoms with van der Waals surface area (Å²) in [7, 11) is 0. The van der Waals surface area contributed by atoms with Gasteiger partial charge in [-0.25, -0.2) is 4.79 Å². The van der Waals surface area contributed by atoms with Crippen LogP contribution in [0.2, 0.25) is 0 Å². The lowest BCUT2D eigenvalue weighted by atomic mass is 10.0. The Morgan fingerprint density at radius 2 is 2.24 bits per heavy atom. The fourth-order valence-electron chi connectivity index (χ4n) is 1.99. The number of para-hydroxylation sites is 1. The Bertz CT molecular complexity index is 1330. The number of hydrogen-bond donors (Lipinski definition) is 1. The standard InChI is InChI=1S/C17H20N2O2/c1-19-11-6-7-12(19)9-13(8-11)21-17(20)15-10-18-16-5-3-2-4-14(15)16/h2-5,10-13,18H,6-9H2,1H3/t11-,12+,13?/i1D3,4D,5D,6D2,7D2,8D2,9D2,10D,11D,12D,13D. The van der Waals surface area contributed by atoms with Gasteiger partial charge < -0.3 is 14.6 Å². The van der Waals surface area contributed by atoms with Crippen molar-refractivity contribution in [2.45, 2.75) is 43.6 Å². The molecule has 3 atom stereocenters. The monoisotopic (exact) mass is 301 g/mol. The van der Waals surface area contributed by atoms with Crippen LogP contribution in [0.4, 0.5) is 0 Å². The van der Waals surface area contributed by atoms with Gasteiger partial charge in [0.1, 0.15) is 6.08 Å². The Kier molecular flexibility index (Phi) is 0.961. The van der Waals surface area contributed by atoms with Crippen LogP contribution in [0.15, 0.2) is 30.4 Å². The van der Waals surface area contributed by atoms with Crippen LogP contribution >= 0.6 is 0 Å². The van der Waals surface area contributed by atoms with Crippen LogP contribution in [0.5, 0.6) is 0 Å². The van der Waals surface area contributed by atoms with Crippen molar-refractivity contribution >= 4 is 16.9 Å². The Balaban J connectivity index is 2.02. The third-order valence-corrected chi connectivity index (χ3v) is 2.96. The molecule has 0 amide bonds. The minimum absolute atomic E-state index is 0.196. The molecule has 1 N–H and O–H groups in total. The summed E-state index contributed by atoms with van der Waals surface area (Å²) in [6, 6.07) is -6.48. The number of carbonyl (C=O) groups is 1. The molecule has 1 aromatic heterocycles. The number of esters is 1. The zero-order chi connectivity index (χ0) is 29.4. The highest BCUT2D eigenvalue weighted by atomic mass is 16.5. The number of aromatic amines is 1. The predicted octanol–water partition coefficient (Wildman–Crippen LogP) is 2.95. The first kappa shape index (κ1) is 4.13. The zero-order valence-electron chi connectivity index (χ0n) is 27.4. The maximum absolute atomic E-state index is 13.3. The quantitative estimate of drug-likeness (QED) is 0.868. The smallest absolute Gasteiger partial charge is 0.340 e. The molecule has 4 heteroatoms. The summed E-state index contributed by atoms with van der Waals surface area (Å²) in [5, 5.41) is -0.382. The van der Waals surface area contributed by atoms with Gasteiger partial charge in [0.2, 0.25) is 0 Å². The van der Waals surface area contributed by atoms with Gasteiger partial charge >= 0.3 is 5.97 Å². The highest BCUT2D eigenvalue weighted by Gasteiger charge is 2.40. The number of hydrogen-bond acceptors (Lipinski definition) is 3. The van der Waals surface area contributed by atoms with Crippen LogP contribution in [-0.2, 0) is 4.74 Å². The zero-order valence-corrected chi connectivity index (χ0v) is 10.4. The number of nitrogens with zero attached hydrogens (tertiary/aromatic N) is 1. The molecule has 4 rings (SSSR count). The van der Waals surface area contributed by atoms with Crippen LogP contribution in [0, 0.1) is 0 Å². The van der Waals surface area contributed by atoms with Crippen LogP contribution in [0.25, 0.3) is 10.9 Å². The minimum Gasteiger partial charge on any atom is -0.459 e. The number of rotatable bonds is 2. The SMILES string of the molecule is [2H]c1[nH]c2c([2H])ccc([2H])c2c1C(=O)OC1([2H])C([2H])([2H])[C@]2([2H])N(C([2H])([2H])[2H])[C@]([2H])(C1([2H])[2H])C([2H])([2H])C2([2H])[2H]. The fourth-order valence-corrected chi connectivity index (χ4v) is 1.99. The van der Waals surface area contributed by atoms with E-state index in [1.165, 1.54) is 6.07 Å². The van der Waals surface area contributed by atoms with Gasteiger partial charge in [0.25, 0.3) is 0 Å². The Morgan fingerprint density at radius 3 is 3.00 bits per heavy atom. The number of H-pyrrole nitrogens is 1. The normalized spacial score (nSPS) is 61.4. The molecule has 0 saturated carbocycles. The average molecular weight is 301 g/mol. The van der Waals surface area contributed by atoms with Gasteiger partial charge in [0, 0.05) is 59.7 Å². The van der Waals surface area contributed by atoms with E-state index in [1.807, 2.05) is 0 Å². The van der Waals surface area contributed by atoms with E-state index in [4.69, 9.17) is 28.0 Å². The Morgan fingerprint density at radius 1 is 1.48 bits per heavy atom. The molecular formula is C17H20N2O2. The Hall–Kier alpha value is -1.81. The Labute approximate surface area is 148 Å². The van der Waals surface area contributed by atoms with Gasteiger partial charge in [0.05, 0.1) is 11.0 Å². The van der Waals surface area contributed by atoms with E-state index >= 15 is 0 Å². The third-order valence-electron chi connectivity index (χ3n) is 2.96. The summed E-state index contributed by atoms with van der Waals surface area (Å²) in [4.78, 5) is 15.1. The molecular weight excluding hydrogens is 264 g/mol. The number of benzene rings is 1. The summed E-state index contributed by atoms with van der Waals surface area (Å²) in [5.41, 5.74) is -1.04. The van der Waals surface area contributed by atoms with E-state index < -0.39 is 79.2 Å². The van der Waals surface area contributed by atoms with Crippen molar-refractivity contribution in [1.29, 1.82) is 0 Å². The second-order valence-corrected chi connectivity index (χ2v) is 4.25. The molecule has 2 aromatic rings. The maximum atomic E-state index is 13.3. The molecule has 1 unspecified atom stereocenters. The van der Waals surface area contributed by atoms with Gasteiger partial charge in [0.15, 0.2) is 0 Å². The lowest BCUT2D eigenvalue weighted by Crippen LogP contribution is -2.43. The molecule has 2 aliphatic rings. The number of nitrogens with one attached hydrogen (secondary N) is 1. The van der Waals surface area contributed by atoms with E-state index in [9.17, 15) is 4.79 Å². The molecule has 0 radical (unpaired) electrons. The van der Waals surface area contributed by atoms with E-state index in [0.717, 1.165) is 6.07 Å². The van der Waals surface area contributed by atoms with Crippen LogP contribution < -0.4 is 0 Å². The predicted molar refractivity (Wildman–Crippen MR) is 81.3 cm³/mol. The van der Waals surface area contributed by atoms with Gasteiger partial charge in [-0.2, -0.15) is 0 Å². The van der Waals surface area contributed by atoms with E-state index in [-0.39, 0.29) is 16.9 Å². The van der Waals surface area contributed by atoms with E-state index in [0.29, 0.717) is 0 Å². The van der Waals surface area contributed by atoms with Crippen molar-refractivity contribution in [3.8, 4) is 0 Å². The van der Waals surface area contributed by atoms with Crippen molar-refractivity contribution in [1.82, 2.24) is 9.88 Å². The fraction of sp³-hybridized carbons (Fsp3) is 0.471. The second-order valence-electron chi connectivity index (χ2n) is 4.25. The van der Waals surface area contributed by atoms with Gasteiger partial charge in [-0.1, -0.05) is 18.2 Å². The first-order chi connectivity index (χ1) is 16.8. The van der Waals surface area contributed by atoms with Crippen LogP contribution in [0.3, 0.4) is 0 Å². The van der Waals surface area contributed by atoms with Crippen molar-refractivity contribution < 1.29 is 32.8 Å². The molecule has 2 fully saturated rings. The largest absolute Gasteiger partial charge is 0.459 e. The van der Waals surface area contributed by atoms with Crippen LogP contribution in [-0.4, -0.2) is 40.9 Å². The molecule has 1 aromatic carbocycles. The van der Waals surface area contributed by atoms with Gasteiger partial charge in [-0.15, -0.1) is 0 Å². The number of carbonyl (C=O) groups excluding carboxylic acids is 1. The molecule has 3 heterocycles. The summed E-state index contributed by atoms with van der Waals surface area (Å²) < 4.78 is 145. The summed E-state index contributed by atoms with van der Waals surface area (Å²) >= 11 is 0. The lowest BCUT2D eigenvalue weighted by Gasteiger charge is -2.35. The topological polar surface area (TPSA) is 45.3 Å². The molecule has 0 aliphatic carbocycles. The summed E-state index contributed by atoms with van der Waals surface area (Å²) in [6.45, 7) is -3.83. The molecule has 2 aliphatic heterocycles. The summed E-state index contributed by atoms with van der Waals surface area (Å²) in [6.07, 6.45) is -21.2. The minimum atomic E-state index is -4.18. The first-order valence-electron chi connectivity index (χ1n) is 14.4. The first-order valence-corrected chi connectivity index (χ1v) is 5.94. The molecule has 2 saturated heterocycles. The number of piperidine rings is 1. The van der Waals surface area contributed by atoms with Gasteiger partial charge in [-0.3, -0.25) is 0 Å². The molecule has 0 spiro atoms. The molecule has 2 bridgehead atoms. The van der Waals surface area contributed by atoms with Crippen molar-refractivity contribution in [3.05, 3.63) is 36.0 Å². The average Bonchev–Trinajstić information content (AvgIpc) is 3.15. The number of fused-ring (bicyclic) bond motifs is 3. The van der Waals surface area contributed by atoms with Crippen molar-refractivity contribution in [2.75, 3.05) is 6.98 Å². The number of aromatic nitrogens is 1.